The van der Waals surface area contributed by atoms with Gasteiger partial charge in [0.25, 0.3) is 0 Å². The smallest absolute Gasteiger partial charge is 0.492 e. The Morgan fingerprint density at radius 1 is 0.424 bits per heavy atom. The van der Waals surface area contributed by atoms with Gasteiger partial charge in [0.2, 0.25) is 81.9 Å². The molecule has 0 saturated carbocycles. The number of hydrogen-bond acceptors (Lipinski definition) is 15. The zero-order valence-corrected chi connectivity index (χ0v) is 41.7. The molecule has 638 valence electrons. The Bertz CT molecular complexity index is 1270. The zero-order valence-electron chi connectivity index (χ0n) is 41.7. The van der Waals surface area contributed by atoms with Gasteiger partial charge in [0.05, 0.1) is 0 Å². The molecule has 0 aromatic rings. The van der Waals surface area contributed by atoms with Gasteiger partial charge in [0.1, 0.15) is 0 Å². The molecule has 0 rings (SSSR count). The van der Waals surface area contributed by atoms with Gasteiger partial charge in [-0.2, -0.15) is 122 Å². The summed E-state index contributed by atoms with van der Waals surface area (Å²) in [6, 6.07) is -12.4. The minimum absolute atomic E-state index is 0. The van der Waals surface area contributed by atoms with E-state index in [2.05, 4.69) is 41.1 Å². The summed E-state index contributed by atoms with van der Waals surface area (Å²) in [5, 5.41) is 46.5. The summed E-state index contributed by atoms with van der Waals surface area (Å²) in [7, 11) is 0. The van der Waals surface area contributed by atoms with Crippen LogP contribution in [0.4, 0.5) is 208 Å². The van der Waals surface area contributed by atoms with Gasteiger partial charge in [0.15, 0.2) is 13.3 Å². The Hall–Kier alpha value is -5.75. The number of amides is 1. The number of alkyl halides is 36. The highest BCUT2D eigenvalue weighted by molar-refractivity contribution is 5.76. The molecule has 0 aromatic carbocycles. The van der Waals surface area contributed by atoms with E-state index in [4.69, 9.17) is 55.0 Å². The first-order chi connectivity index (χ1) is 40.9. The van der Waals surface area contributed by atoms with E-state index in [-0.39, 0.29) is 59.4 Å². The second kappa shape index (κ2) is 122. The first-order valence-electron chi connectivity index (χ1n) is 17.0. The van der Waals surface area contributed by atoms with Crippen LogP contribution in [0.15, 0.2) is 0 Å². The van der Waals surface area contributed by atoms with Crippen LogP contribution in [0, 0.1) is 0 Å². The van der Waals surface area contributed by atoms with E-state index in [9.17, 15) is 199 Å². The van der Waals surface area contributed by atoms with Crippen molar-refractivity contribution in [2.45, 2.75) is 114 Å². The maximum Gasteiger partial charge on any atom is 0.492 e. The standard InChI is InChI=1S/C6H4F9NO3.C4H3F8NO.C2H3FO2.CHF3.6CH2F2O.4CH2F2.CH4FN.2CHFO2.8CH4.FHO/c7-1-2(17)16(19)5(12,13)3(8,9)4(10,11)6(14,15)18;5-1(6,3(9,10)13)2(7,8)4(11,12)14;3-1-2(4)5;2-1(3)4;6*2-1-4-3;5*2-1-3;2*2-1(3)4;;;;;;;;;1-2/h18-19H,1H2;14H,13H2;1H2,(H,4,5);1H;6*1H2;4*1H2;1,3H2;2*(H,3,4);8*1H4;2H/p+1. The molecule has 0 aliphatic heterocycles. The van der Waals surface area contributed by atoms with Crippen LogP contribution in [0.3, 0.4) is 0 Å². The summed E-state index contributed by atoms with van der Waals surface area (Å²) in [5.41, 5.74) is 6.11. The molecule has 0 aliphatic rings. The van der Waals surface area contributed by atoms with Crippen LogP contribution in [-0.4, -0.2) is 204 Å². The largest absolute Gasteiger partial charge is 0.520 e. The van der Waals surface area contributed by atoms with Gasteiger partial charge >= 0.3 is 72.8 Å². The molecular weight excluding hydrogens is 1580 g/mol. The predicted octanol–water partition coefficient (Wildman–Crippen LogP) is 15.9. The third-order valence-electron chi connectivity index (χ3n) is 3.35. The molecule has 0 radical (unpaired) electrons. The fourth-order valence-electron chi connectivity index (χ4n) is 1.13. The van der Waals surface area contributed by atoms with Crippen molar-refractivity contribution in [2.75, 3.05) is 89.0 Å². The van der Waals surface area contributed by atoms with Gasteiger partial charge in [-0.05, 0) is 32.2 Å². The summed E-state index contributed by atoms with van der Waals surface area (Å²) in [4.78, 5) is 50.0. The maximum absolute atomic E-state index is 12.7. The number of quaternary nitrogens is 1. The Morgan fingerprint density at radius 3 is 0.596 bits per heavy atom. The monoisotopic (exact) mass is 1650 g/mol. The van der Waals surface area contributed by atoms with Gasteiger partial charge in [0, 0.05) is 0 Å². The number of aliphatic hydroxyl groups is 2. The molecule has 12 N–H and O–H groups in total. The third-order valence-corrected chi connectivity index (χ3v) is 3.35. The highest BCUT2D eigenvalue weighted by Crippen LogP contribution is 2.52. The Balaban J connectivity index is -0.0000000249. The molecule has 0 spiro atoms. The van der Waals surface area contributed by atoms with E-state index in [0.717, 1.165) is 0 Å². The van der Waals surface area contributed by atoms with Gasteiger partial charge in [-0.25, -0.2) is 85.1 Å². The molecule has 0 atom stereocenters. The molecule has 20 nitrogen and oxygen atoms in total. The number of hydrogen-bond donors (Lipinski definition) is 7. The van der Waals surface area contributed by atoms with Crippen molar-refractivity contribution in [3.05, 3.63) is 0 Å². The normalized spacial score (nSPS) is 9.05. The molecule has 0 aliphatic carbocycles. The van der Waals surface area contributed by atoms with Crippen LogP contribution in [-0.2, 0) is 39.2 Å². The number of carbonyl (C=O) groups is 4. The van der Waals surface area contributed by atoms with Crippen molar-refractivity contribution < 1.29 is 289 Å². The Morgan fingerprint density at radius 2 is 0.535 bits per heavy atom. The highest BCUT2D eigenvalue weighted by atomic mass is 19.4. The number of rotatable bonds is 15. The molecule has 65 heteroatoms. The fourth-order valence-corrected chi connectivity index (χ4v) is 1.13. The summed E-state index contributed by atoms with van der Waals surface area (Å²) in [6.07, 6.45) is -17.8. The quantitative estimate of drug-likeness (QED) is 0.0263. The number of aliphatic carboxylic acids is 1. The lowest BCUT2D eigenvalue weighted by molar-refractivity contribution is -0.451. The highest BCUT2D eigenvalue weighted by Gasteiger charge is 2.84. The zero-order chi connectivity index (χ0) is 78.9. The van der Waals surface area contributed by atoms with E-state index < -0.39 is 173 Å². The van der Waals surface area contributed by atoms with Gasteiger partial charge in [-0.15, -0.1) is 4.39 Å². The number of carbonyl (C=O) groups excluding carboxylic acids is 2. The van der Waals surface area contributed by atoms with E-state index in [1.165, 1.54) is 0 Å². The third kappa shape index (κ3) is 161. The first kappa shape index (κ1) is 175. The molecule has 0 aromatic heterocycles. The summed E-state index contributed by atoms with van der Waals surface area (Å²) >= 11 is 0. The number of halogens is 45. The second-order valence-corrected chi connectivity index (χ2v) is 8.57. The lowest BCUT2D eigenvalue weighted by atomic mass is 10.1. The summed E-state index contributed by atoms with van der Waals surface area (Å²) < 4.78 is 479. The van der Waals surface area contributed by atoms with Crippen LogP contribution in [0.1, 0.15) is 59.4 Å². The fraction of sp³-hybridized carbons (Fsp3) is 0.882. The van der Waals surface area contributed by atoms with Crippen LogP contribution in [0.5, 0.6) is 0 Å². The van der Waals surface area contributed by atoms with Crippen molar-refractivity contribution in [3.8, 4) is 0 Å². The van der Waals surface area contributed by atoms with Gasteiger partial charge < -0.3 is 41.3 Å². The number of hydroxylamine groups is 2. The van der Waals surface area contributed by atoms with E-state index in [1.807, 2.05) is 0 Å². The second-order valence-electron chi connectivity index (χ2n) is 8.57. The number of carboxylic acid groups (broad SMARTS) is 3. The van der Waals surface area contributed by atoms with Crippen molar-refractivity contribution in [3.63, 3.8) is 0 Å². The van der Waals surface area contributed by atoms with E-state index >= 15 is 0 Å². The van der Waals surface area contributed by atoms with Gasteiger partial charge in [-0.1, -0.05) is 63.9 Å². The van der Waals surface area contributed by atoms with Crippen molar-refractivity contribution in [1.82, 2.24) is 5.06 Å². The van der Waals surface area contributed by atoms with Crippen LogP contribution >= 0.6 is 0 Å². The van der Waals surface area contributed by atoms with Crippen LogP contribution in [0.2, 0.25) is 0 Å². The molecular formula is C34H71F45N3O17+. The minimum atomic E-state index is -7.04. The molecule has 0 heterocycles. The lowest BCUT2D eigenvalue weighted by Gasteiger charge is -2.34. The lowest BCUT2D eigenvalue weighted by Crippen LogP contribution is -2.67. The van der Waals surface area contributed by atoms with E-state index in [0.29, 0.717) is 0 Å². The number of carboxylic acids is 1. The van der Waals surface area contributed by atoms with E-state index in [1.54, 1.807) is 0 Å². The number of nitrogens with zero attached hydrogens (tertiary/aromatic N) is 1. The maximum atomic E-state index is 12.7. The van der Waals surface area contributed by atoms with Gasteiger partial charge in [-0.3, -0.25) is 10.5 Å². The van der Waals surface area contributed by atoms with Crippen molar-refractivity contribution in [2.24, 2.45) is 5.73 Å². The molecule has 0 bridgehead atoms. The first-order valence-corrected chi connectivity index (χ1v) is 17.0. The summed E-state index contributed by atoms with van der Waals surface area (Å²) in [6.45, 7) is -23.0. The molecule has 99 heavy (non-hydrogen) atoms. The average Bonchev–Trinajstić information content (AvgIpc) is 3.43. The van der Waals surface area contributed by atoms with Crippen LogP contribution in [0.25, 0.3) is 0 Å². The predicted molar refractivity (Wildman–Crippen MR) is 244 cm³/mol. The topological polar surface area (TPSA) is 328 Å². The molecule has 1 amide bonds. The SMILES string of the molecule is C.C.C.C.C.C.C.C.FC(F)F.FCF.FCF.FCF.FCF.FCOF.FCOF.FCOF.FCOF.FCOF.FCOF.NC(F)(F)C(F)(F)C(F)(F)C(O)(F)F.O=C(CF)N([OH2+])C(F)(F)C(F)(F)C(F)(F)C(O)(F)F.O=C(O)CF.O=C(O)F.O=C([O-])F.OF.[NH3+]CF. The Kier molecular flexibility index (Phi) is 217. The molecule has 0 unspecified atom stereocenters. The minimum Gasteiger partial charge on any atom is -0.520 e. The average molecular weight is 1650 g/mol. The molecule has 0 saturated heterocycles. The molecule has 0 fully saturated rings. The van der Waals surface area contributed by atoms with Crippen molar-refractivity contribution >= 4 is 24.3 Å². The van der Waals surface area contributed by atoms with Crippen molar-refractivity contribution in [1.29, 1.82) is 0 Å². The van der Waals surface area contributed by atoms with Crippen LogP contribution < -0.4 is 16.6 Å². The Labute approximate surface area is 528 Å². The number of nitrogens with two attached hydrogens (primary N) is 1. The summed E-state index contributed by atoms with van der Waals surface area (Å²) in [5.74, 6) is -31.4.